The van der Waals surface area contributed by atoms with Gasteiger partial charge in [-0.25, -0.2) is 0 Å². The Morgan fingerprint density at radius 3 is 2.68 bits per heavy atom. The minimum absolute atomic E-state index is 0.0402. The third kappa shape index (κ3) is 2.99. The van der Waals surface area contributed by atoms with Crippen LogP contribution in [0.5, 0.6) is 0 Å². The molecular weight excluding hydrogens is 391 g/mol. The number of rotatable bonds is 3. The van der Waals surface area contributed by atoms with E-state index in [1.165, 1.54) is 0 Å². The molecule has 5 aliphatic rings. The normalized spacial score (nSPS) is 47.3. The van der Waals surface area contributed by atoms with E-state index in [0.29, 0.717) is 55.0 Å². The number of unbranched alkanes of at least 4 members (excludes halogenated alkanes) is 1. The first kappa shape index (κ1) is 21.8. The Bertz CT molecular complexity index is 797. The van der Waals surface area contributed by atoms with E-state index in [-0.39, 0.29) is 30.8 Å². The minimum Gasteiger partial charge on any atom is -0.404 e. The molecule has 1 heterocycles. The lowest BCUT2D eigenvalue weighted by Gasteiger charge is -2.60. The molecule has 1 saturated heterocycles. The highest BCUT2D eigenvalue weighted by Gasteiger charge is 2.71. The fourth-order valence-electron chi connectivity index (χ4n) is 8.62. The Morgan fingerprint density at radius 1 is 1.10 bits per heavy atom. The molecule has 0 bridgehead atoms. The van der Waals surface area contributed by atoms with Crippen molar-refractivity contribution in [1.29, 1.82) is 0 Å². The molecular formula is C25H37BO5. The number of carbonyl (C=O) groups excluding carboxylic acids is 3. The fraction of sp³-hybridized carbons (Fsp3) is 0.880. The van der Waals surface area contributed by atoms with Crippen LogP contribution in [0, 0.1) is 34.5 Å². The van der Waals surface area contributed by atoms with Crippen molar-refractivity contribution in [3.8, 4) is 0 Å². The van der Waals surface area contributed by atoms with Gasteiger partial charge in [0.15, 0.2) is 5.78 Å². The molecule has 0 unspecified atom stereocenters. The van der Waals surface area contributed by atoms with E-state index in [2.05, 4.69) is 20.8 Å². The number of Topliss-reactive ketones (excluding diaryl/α,β-unsaturated/α-hetero) is 3. The monoisotopic (exact) mass is 428 g/mol. The number of carbonyl (C=O) groups is 3. The Morgan fingerprint density at radius 2 is 1.90 bits per heavy atom. The quantitative estimate of drug-likeness (QED) is 0.623. The summed E-state index contributed by atoms with van der Waals surface area (Å²) >= 11 is 0. The molecule has 7 atom stereocenters. The smallest absolute Gasteiger partial charge is 0.404 e. The van der Waals surface area contributed by atoms with Crippen LogP contribution in [-0.2, 0) is 23.7 Å². The van der Waals surface area contributed by atoms with E-state index in [1.54, 1.807) is 0 Å². The van der Waals surface area contributed by atoms with Crippen molar-refractivity contribution < 1.29 is 23.7 Å². The van der Waals surface area contributed by atoms with Crippen LogP contribution in [0.25, 0.3) is 0 Å². The average molecular weight is 428 g/mol. The van der Waals surface area contributed by atoms with Crippen LogP contribution in [-0.4, -0.2) is 36.7 Å². The van der Waals surface area contributed by atoms with Crippen LogP contribution in [0.3, 0.4) is 0 Å². The second-order valence-corrected chi connectivity index (χ2v) is 11.6. The highest BCUT2D eigenvalue weighted by atomic mass is 16.6. The molecule has 0 aromatic carbocycles. The Balaban J connectivity index is 1.46. The summed E-state index contributed by atoms with van der Waals surface area (Å²) in [6.07, 6.45) is 9.14. The number of hydrogen-bond donors (Lipinski definition) is 0. The summed E-state index contributed by atoms with van der Waals surface area (Å²) < 4.78 is 12.3. The predicted octanol–water partition coefficient (Wildman–Crippen LogP) is 4.42. The zero-order valence-electron chi connectivity index (χ0n) is 19.4. The van der Waals surface area contributed by atoms with Crippen molar-refractivity contribution in [2.45, 2.75) is 96.9 Å². The van der Waals surface area contributed by atoms with Crippen molar-refractivity contribution >= 4 is 24.5 Å². The van der Waals surface area contributed by atoms with Gasteiger partial charge in [0, 0.05) is 30.6 Å². The van der Waals surface area contributed by atoms with E-state index < -0.39 is 11.0 Å². The van der Waals surface area contributed by atoms with Gasteiger partial charge in [0.25, 0.3) is 0 Å². The zero-order valence-corrected chi connectivity index (χ0v) is 19.4. The summed E-state index contributed by atoms with van der Waals surface area (Å²) in [5.41, 5.74) is -1.37. The first-order valence-electron chi connectivity index (χ1n) is 12.6. The van der Waals surface area contributed by atoms with Crippen molar-refractivity contribution in [3.63, 3.8) is 0 Å². The van der Waals surface area contributed by atoms with Crippen molar-refractivity contribution in [2.75, 3.05) is 6.61 Å². The van der Waals surface area contributed by atoms with Crippen LogP contribution in [0.4, 0.5) is 0 Å². The minimum atomic E-state index is -0.866. The van der Waals surface area contributed by atoms with E-state index in [9.17, 15) is 14.4 Å². The van der Waals surface area contributed by atoms with Crippen molar-refractivity contribution in [1.82, 2.24) is 0 Å². The maximum atomic E-state index is 13.8. The summed E-state index contributed by atoms with van der Waals surface area (Å²) in [5.74, 6) is 1.76. The van der Waals surface area contributed by atoms with Gasteiger partial charge in [0.2, 0.25) is 0 Å². The second-order valence-electron chi connectivity index (χ2n) is 11.6. The van der Waals surface area contributed by atoms with E-state index in [1.807, 2.05) is 0 Å². The summed E-state index contributed by atoms with van der Waals surface area (Å²) in [7, 11) is -0.335. The zero-order chi connectivity index (χ0) is 22.0. The van der Waals surface area contributed by atoms with Crippen LogP contribution in [0.2, 0.25) is 6.32 Å². The molecule has 0 amide bonds. The fourth-order valence-corrected chi connectivity index (χ4v) is 8.62. The molecule has 5 nitrogen and oxygen atoms in total. The van der Waals surface area contributed by atoms with E-state index in [4.69, 9.17) is 9.31 Å². The van der Waals surface area contributed by atoms with E-state index >= 15 is 0 Å². The maximum Gasteiger partial charge on any atom is 0.457 e. The molecule has 0 aromatic rings. The Hall–Kier alpha value is -1.01. The molecule has 31 heavy (non-hydrogen) atoms. The van der Waals surface area contributed by atoms with Crippen LogP contribution in [0.15, 0.2) is 0 Å². The summed E-state index contributed by atoms with van der Waals surface area (Å²) in [6.45, 7) is 6.70. The molecule has 4 saturated carbocycles. The van der Waals surface area contributed by atoms with Gasteiger partial charge in [-0.3, -0.25) is 14.4 Å². The molecule has 1 aliphatic heterocycles. The second kappa shape index (κ2) is 7.51. The average Bonchev–Trinajstić information content (AvgIpc) is 3.01. The molecule has 5 rings (SSSR count). The molecule has 0 radical (unpaired) electrons. The lowest BCUT2D eigenvalue weighted by molar-refractivity contribution is -0.181. The lowest BCUT2D eigenvalue weighted by atomic mass is 9.44. The SMILES string of the molecule is CCCCB1OCC(=O)[C@]2(CC[C@H]3[C@@H]4CC[C@@H]5CC(=O)CC[C@]5(C)[C@H]4C(=O)C[C@@]32C)O1. The topological polar surface area (TPSA) is 69.7 Å². The maximum absolute atomic E-state index is 13.8. The van der Waals surface area contributed by atoms with Crippen molar-refractivity contribution in [2.24, 2.45) is 34.5 Å². The van der Waals surface area contributed by atoms with E-state index in [0.717, 1.165) is 44.8 Å². The van der Waals surface area contributed by atoms with Crippen molar-refractivity contribution in [3.05, 3.63) is 0 Å². The molecule has 170 valence electrons. The van der Waals surface area contributed by atoms with Crippen LogP contribution < -0.4 is 0 Å². The number of ketones is 3. The molecule has 0 N–H and O–H groups in total. The molecule has 4 aliphatic carbocycles. The number of hydrogen-bond acceptors (Lipinski definition) is 5. The first-order chi connectivity index (χ1) is 14.7. The summed E-state index contributed by atoms with van der Waals surface area (Å²) in [5, 5.41) is 0. The highest BCUT2D eigenvalue weighted by Crippen LogP contribution is 2.68. The van der Waals surface area contributed by atoms with Gasteiger partial charge in [0.05, 0.1) is 6.61 Å². The first-order valence-corrected chi connectivity index (χ1v) is 12.6. The van der Waals surface area contributed by atoms with Gasteiger partial charge in [0.1, 0.15) is 17.2 Å². The number of fused-ring (bicyclic) bond motifs is 6. The predicted molar refractivity (Wildman–Crippen MR) is 117 cm³/mol. The van der Waals surface area contributed by atoms with Crippen LogP contribution >= 0.6 is 0 Å². The van der Waals surface area contributed by atoms with Gasteiger partial charge in [-0.15, -0.1) is 0 Å². The molecule has 5 fully saturated rings. The standard InChI is InChI=1S/C25H37BO5/c1-4-5-12-26-30-15-21(29)25(31-26)11-9-19-18-7-6-16-13-17(27)8-10-23(16,2)22(18)20(28)14-24(19,25)3/h16,18-19,22H,4-15H2,1-3H3/t16-,18+,19+,22-,23+,24+,25+/m1/s1. The van der Waals surface area contributed by atoms with Gasteiger partial charge < -0.3 is 9.31 Å². The summed E-state index contributed by atoms with van der Waals surface area (Å²) in [6, 6.07) is 0. The van der Waals surface area contributed by atoms with Gasteiger partial charge in [-0.2, -0.15) is 0 Å². The van der Waals surface area contributed by atoms with Crippen LogP contribution in [0.1, 0.15) is 85.0 Å². The Labute approximate surface area is 186 Å². The lowest BCUT2D eigenvalue weighted by Crippen LogP contribution is -2.65. The van der Waals surface area contributed by atoms with Gasteiger partial charge >= 0.3 is 7.12 Å². The third-order valence-corrected chi connectivity index (χ3v) is 10.3. The largest absolute Gasteiger partial charge is 0.457 e. The highest BCUT2D eigenvalue weighted by molar-refractivity contribution is 6.46. The third-order valence-electron chi connectivity index (χ3n) is 10.3. The Kier molecular flexibility index (Phi) is 5.29. The van der Waals surface area contributed by atoms with Gasteiger partial charge in [-0.05, 0) is 61.6 Å². The summed E-state index contributed by atoms with van der Waals surface area (Å²) in [4.78, 5) is 39.2. The molecule has 0 aromatic heterocycles. The van der Waals surface area contributed by atoms with Gasteiger partial charge in [-0.1, -0.05) is 33.6 Å². The molecule has 1 spiro atoms. The molecule has 6 heteroatoms.